The molecule has 1 N–H and O–H groups in total. The van der Waals surface area contributed by atoms with Crippen molar-refractivity contribution >= 4 is 64.5 Å². The zero-order valence-electron chi connectivity index (χ0n) is 14.4. The van der Waals surface area contributed by atoms with E-state index in [2.05, 4.69) is 11.9 Å². The van der Waals surface area contributed by atoms with Crippen LogP contribution in [0, 0.1) is 0 Å². The predicted octanol–water partition coefficient (Wildman–Crippen LogP) is 2.63. The molecule has 2 aliphatic rings. The molecule has 2 aliphatic heterocycles. The number of carbonyl (C=O) groups is 3. The molecular formula is C15H19Cl3N2O5S. The minimum atomic E-state index is -1.75. The van der Waals surface area contributed by atoms with Crippen LogP contribution in [0.5, 0.6) is 0 Å². The van der Waals surface area contributed by atoms with E-state index in [-0.39, 0.29) is 0 Å². The van der Waals surface area contributed by atoms with Crippen LogP contribution in [-0.2, 0) is 19.1 Å². The molecule has 3 atom stereocenters. The molecule has 0 radical (unpaired) electrons. The molecule has 0 bridgehead atoms. The summed E-state index contributed by atoms with van der Waals surface area (Å²) in [5, 5.41) is 2.11. The second-order valence-electron chi connectivity index (χ2n) is 6.85. The fourth-order valence-corrected chi connectivity index (χ4v) is 3.95. The highest BCUT2D eigenvalue weighted by molar-refractivity contribution is 8.00. The summed E-state index contributed by atoms with van der Waals surface area (Å²) in [4.78, 5) is 38.0. The molecule has 0 aromatic rings. The highest BCUT2D eigenvalue weighted by Crippen LogP contribution is 2.40. The smallest absolute Gasteiger partial charge is 0.408 e. The summed E-state index contributed by atoms with van der Waals surface area (Å²) in [5.41, 5.74) is -0.182. The van der Waals surface area contributed by atoms with Crippen LogP contribution in [0.3, 0.4) is 0 Å². The number of carbonyl (C=O) groups excluding carboxylic acids is 3. The van der Waals surface area contributed by atoms with Gasteiger partial charge in [0.15, 0.2) is 6.04 Å². The Labute approximate surface area is 170 Å². The van der Waals surface area contributed by atoms with Crippen molar-refractivity contribution in [2.45, 2.75) is 47.6 Å². The average Bonchev–Trinajstić information content (AvgIpc) is 2.47. The Kier molecular flexibility index (Phi) is 6.32. The van der Waals surface area contributed by atoms with Gasteiger partial charge in [-0.3, -0.25) is 4.79 Å². The number of thioether (sulfide) groups is 1. The molecule has 2 rings (SSSR count). The van der Waals surface area contributed by atoms with Crippen LogP contribution in [0.2, 0.25) is 0 Å². The summed E-state index contributed by atoms with van der Waals surface area (Å²) in [7, 11) is 0. The number of hydrogen-bond donors (Lipinski definition) is 1. The molecule has 26 heavy (non-hydrogen) atoms. The Morgan fingerprint density at radius 1 is 1.35 bits per heavy atom. The first-order valence-electron chi connectivity index (χ1n) is 7.64. The van der Waals surface area contributed by atoms with E-state index in [9.17, 15) is 14.4 Å². The molecule has 2 amide bonds. The summed E-state index contributed by atoms with van der Waals surface area (Å²) in [6.45, 7) is 8.54. The number of nitrogens with one attached hydrogen (secondary N) is 1. The molecule has 0 saturated carbocycles. The van der Waals surface area contributed by atoms with Crippen molar-refractivity contribution in [2.75, 3.05) is 12.4 Å². The second-order valence-corrected chi connectivity index (χ2v) is 10.5. The Morgan fingerprint density at radius 3 is 2.50 bits per heavy atom. The third-order valence-electron chi connectivity index (χ3n) is 3.46. The Bertz CT molecular complexity index is 632. The number of halogens is 3. The number of alkyl halides is 3. The van der Waals surface area contributed by atoms with Crippen LogP contribution in [0.25, 0.3) is 0 Å². The molecule has 146 valence electrons. The number of hydrogen-bond acceptors (Lipinski definition) is 6. The van der Waals surface area contributed by atoms with Crippen molar-refractivity contribution in [1.82, 2.24) is 10.2 Å². The zero-order valence-corrected chi connectivity index (χ0v) is 17.5. The lowest BCUT2D eigenvalue weighted by atomic mass is 9.99. The van der Waals surface area contributed by atoms with E-state index in [1.807, 2.05) is 0 Å². The standard InChI is InChI=1S/C15H19Cl3N2O5S/c1-7-5-26-11-8(19-13(23)25-14(2,3)4)10(21)20(11)9(7)12(22)24-6-15(16,17)18/h8-9,11H,1,5-6H2,2-4H3,(H,19,23)/t8-,9?,11+/m1/s1. The zero-order chi connectivity index (χ0) is 19.9. The van der Waals surface area contributed by atoms with Crippen molar-refractivity contribution in [2.24, 2.45) is 0 Å². The highest BCUT2D eigenvalue weighted by atomic mass is 35.6. The molecule has 0 aliphatic carbocycles. The van der Waals surface area contributed by atoms with E-state index in [1.165, 1.54) is 16.7 Å². The Hall–Kier alpha value is -0.830. The minimum Gasteiger partial charge on any atom is -0.459 e. The number of ether oxygens (including phenoxy) is 2. The summed E-state index contributed by atoms with van der Waals surface area (Å²) in [5.74, 6) is -0.727. The highest BCUT2D eigenvalue weighted by Gasteiger charge is 2.56. The van der Waals surface area contributed by atoms with Gasteiger partial charge < -0.3 is 19.7 Å². The van der Waals surface area contributed by atoms with Crippen LogP contribution in [0.1, 0.15) is 20.8 Å². The molecule has 2 saturated heterocycles. The lowest BCUT2D eigenvalue weighted by molar-refractivity contribution is -0.162. The van der Waals surface area contributed by atoms with E-state index in [1.54, 1.807) is 20.8 Å². The van der Waals surface area contributed by atoms with Crippen LogP contribution >= 0.6 is 46.6 Å². The monoisotopic (exact) mass is 444 g/mol. The van der Waals surface area contributed by atoms with Gasteiger partial charge in [-0.05, 0) is 26.3 Å². The summed E-state index contributed by atoms with van der Waals surface area (Å²) in [6, 6.07) is -1.76. The third-order valence-corrected chi connectivity index (χ3v) is 5.16. The maximum atomic E-state index is 12.5. The van der Waals surface area contributed by atoms with Crippen molar-refractivity contribution < 1.29 is 23.9 Å². The van der Waals surface area contributed by atoms with E-state index >= 15 is 0 Å². The van der Waals surface area contributed by atoms with E-state index in [0.29, 0.717) is 11.3 Å². The lowest BCUT2D eigenvalue weighted by Crippen LogP contribution is -2.74. The maximum absolute atomic E-state index is 12.5. The van der Waals surface area contributed by atoms with Crippen LogP contribution in [0.15, 0.2) is 12.2 Å². The molecule has 2 fully saturated rings. The molecule has 11 heteroatoms. The van der Waals surface area contributed by atoms with Crippen LogP contribution in [0.4, 0.5) is 4.79 Å². The number of esters is 1. The van der Waals surface area contributed by atoms with E-state index in [0.717, 1.165) is 0 Å². The molecule has 7 nitrogen and oxygen atoms in total. The number of fused-ring (bicyclic) bond motifs is 1. The van der Waals surface area contributed by atoms with Crippen molar-refractivity contribution in [3.63, 3.8) is 0 Å². The van der Waals surface area contributed by atoms with Crippen molar-refractivity contribution in [3.05, 3.63) is 12.2 Å². The topological polar surface area (TPSA) is 84.9 Å². The number of alkyl carbamates (subject to hydrolysis) is 1. The normalized spacial score (nSPS) is 25.9. The second kappa shape index (κ2) is 7.66. The molecular weight excluding hydrogens is 427 g/mol. The number of nitrogens with zero attached hydrogens (tertiary/aromatic N) is 1. The molecule has 1 unspecified atom stereocenters. The van der Waals surface area contributed by atoms with Crippen molar-refractivity contribution in [1.29, 1.82) is 0 Å². The van der Waals surface area contributed by atoms with Gasteiger partial charge in [-0.1, -0.05) is 41.4 Å². The Morgan fingerprint density at radius 2 is 1.96 bits per heavy atom. The van der Waals surface area contributed by atoms with Gasteiger partial charge in [0.2, 0.25) is 9.70 Å². The first kappa shape index (κ1) is 21.5. The SMILES string of the molecule is C=C1CS[C@H]2[C@H](NC(=O)OC(C)(C)C)C(=O)N2C1C(=O)OCC(Cl)(Cl)Cl. The van der Waals surface area contributed by atoms with Gasteiger partial charge in [0.1, 0.15) is 23.6 Å². The van der Waals surface area contributed by atoms with Gasteiger partial charge in [-0.2, -0.15) is 0 Å². The van der Waals surface area contributed by atoms with E-state index in [4.69, 9.17) is 44.3 Å². The summed E-state index contributed by atoms with van der Waals surface area (Å²) < 4.78 is 8.40. The van der Waals surface area contributed by atoms with Gasteiger partial charge in [0.25, 0.3) is 0 Å². The Balaban J connectivity index is 2.03. The minimum absolute atomic E-state index is 0.425. The van der Waals surface area contributed by atoms with Gasteiger partial charge in [0.05, 0.1) is 0 Å². The van der Waals surface area contributed by atoms with Crippen LogP contribution in [-0.4, -0.2) is 62.1 Å². The molecule has 2 heterocycles. The fourth-order valence-electron chi connectivity index (χ4n) is 2.48. The largest absolute Gasteiger partial charge is 0.459 e. The van der Waals surface area contributed by atoms with Gasteiger partial charge >= 0.3 is 12.1 Å². The summed E-state index contributed by atoms with van der Waals surface area (Å²) >= 11 is 18.1. The predicted molar refractivity (Wildman–Crippen MR) is 100 cm³/mol. The molecule has 0 aromatic heterocycles. The van der Waals surface area contributed by atoms with Gasteiger partial charge in [-0.25, -0.2) is 9.59 Å². The fraction of sp³-hybridized carbons (Fsp3) is 0.667. The van der Waals surface area contributed by atoms with Crippen molar-refractivity contribution in [3.8, 4) is 0 Å². The third kappa shape index (κ3) is 5.12. The van der Waals surface area contributed by atoms with E-state index < -0.39 is 51.4 Å². The first-order chi connectivity index (χ1) is 11.8. The number of amides is 2. The average molecular weight is 446 g/mol. The quantitative estimate of drug-likeness (QED) is 0.311. The maximum Gasteiger partial charge on any atom is 0.408 e. The lowest BCUT2D eigenvalue weighted by Gasteiger charge is -2.52. The van der Waals surface area contributed by atoms with Crippen LogP contribution < -0.4 is 5.32 Å². The van der Waals surface area contributed by atoms with Gasteiger partial charge in [-0.15, -0.1) is 11.8 Å². The van der Waals surface area contributed by atoms with Gasteiger partial charge in [0, 0.05) is 5.75 Å². The first-order valence-corrected chi connectivity index (χ1v) is 9.83. The number of rotatable bonds is 3. The number of β-lactam (4-membered cyclic amide) rings is 1. The molecule has 0 aromatic carbocycles. The molecule has 0 spiro atoms. The summed E-state index contributed by atoms with van der Waals surface area (Å²) in [6.07, 6.45) is -0.698.